The maximum atomic E-state index is 14.6. The lowest BCUT2D eigenvalue weighted by Crippen LogP contribution is -2.52. The van der Waals surface area contributed by atoms with E-state index in [2.05, 4.69) is 5.32 Å². The van der Waals surface area contributed by atoms with Gasteiger partial charge in [-0.1, -0.05) is 12.1 Å². The van der Waals surface area contributed by atoms with Gasteiger partial charge in [-0.15, -0.1) is 0 Å². The first kappa shape index (κ1) is 13.9. The summed E-state index contributed by atoms with van der Waals surface area (Å²) in [4.78, 5) is 0. The number of likely N-dealkylation sites (N-methyl/N-ethyl adjacent to an activating group) is 1. The van der Waals surface area contributed by atoms with Gasteiger partial charge in [0.2, 0.25) is 5.67 Å². The Morgan fingerprint density at radius 1 is 1.16 bits per heavy atom. The summed E-state index contributed by atoms with van der Waals surface area (Å²) in [5.41, 5.74) is -3.71. The van der Waals surface area contributed by atoms with E-state index >= 15 is 0 Å². The Morgan fingerprint density at radius 3 is 2.42 bits per heavy atom. The molecule has 0 spiro atoms. The predicted molar refractivity (Wildman–Crippen MR) is 63.6 cm³/mol. The second-order valence-corrected chi connectivity index (χ2v) is 4.39. The molecule has 0 fully saturated rings. The molecule has 0 saturated carbocycles. The number of hydrogen-bond acceptors (Lipinski definition) is 2. The van der Waals surface area contributed by atoms with E-state index in [1.54, 1.807) is 6.07 Å². The summed E-state index contributed by atoms with van der Waals surface area (Å²) in [6.07, 6.45) is -3.67. The summed E-state index contributed by atoms with van der Waals surface area (Å²) in [5, 5.41) is 2.96. The molecule has 2 aromatic rings. The Kier molecular flexibility index (Phi) is 3.30. The molecule has 6 heteroatoms. The molecule has 1 aromatic heterocycles. The molecule has 0 aliphatic rings. The minimum atomic E-state index is -5.02. The molecule has 1 heterocycles. The van der Waals surface area contributed by atoms with Gasteiger partial charge in [-0.2, -0.15) is 13.2 Å². The molecular formula is C13H13F4NO. The third-order valence-corrected chi connectivity index (χ3v) is 3.32. The molecule has 104 valence electrons. The lowest BCUT2D eigenvalue weighted by Gasteiger charge is -2.33. The monoisotopic (exact) mass is 275 g/mol. The van der Waals surface area contributed by atoms with Gasteiger partial charge < -0.3 is 9.73 Å². The van der Waals surface area contributed by atoms with Crippen LogP contribution >= 0.6 is 0 Å². The van der Waals surface area contributed by atoms with E-state index in [0.717, 1.165) is 19.1 Å². The Labute approximate surface area is 107 Å². The van der Waals surface area contributed by atoms with Crippen molar-refractivity contribution in [1.82, 2.24) is 5.32 Å². The lowest BCUT2D eigenvalue weighted by atomic mass is 9.88. The van der Waals surface area contributed by atoms with Crippen molar-refractivity contribution in [2.45, 2.75) is 24.8 Å². The Bertz CT molecular complexity index is 577. The fourth-order valence-corrected chi connectivity index (χ4v) is 2.04. The molecule has 0 amide bonds. The normalized spacial score (nSPS) is 17.4. The van der Waals surface area contributed by atoms with Crippen LogP contribution in [-0.2, 0) is 5.67 Å². The molecule has 2 atom stereocenters. The number of hydrogen-bond donors (Lipinski definition) is 1. The van der Waals surface area contributed by atoms with Gasteiger partial charge in [-0.3, -0.25) is 0 Å². The lowest BCUT2D eigenvalue weighted by molar-refractivity contribution is -0.244. The molecule has 2 nitrogen and oxygen atoms in total. The summed E-state index contributed by atoms with van der Waals surface area (Å²) in [6, 6.07) is 3.83. The number of furan rings is 1. The Balaban J connectivity index is 2.60. The number of rotatable bonds is 3. The topological polar surface area (TPSA) is 25.2 Å². The van der Waals surface area contributed by atoms with Crippen LogP contribution in [0.1, 0.15) is 12.5 Å². The van der Waals surface area contributed by atoms with Crippen LogP contribution in [0.3, 0.4) is 0 Å². The molecule has 1 N–H and O–H groups in total. The molecule has 1 aromatic carbocycles. The second-order valence-electron chi connectivity index (χ2n) is 4.39. The van der Waals surface area contributed by atoms with E-state index in [1.807, 2.05) is 0 Å². The van der Waals surface area contributed by atoms with Crippen molar-refractivity contribution in [3.8, 4) is 0 Å². The second kappa shape index (κ2) is 4.52. The van der Waals surface area contributed by atoms with Crippen LogP contribution < -0.4 is 5.32 Å². The van der Waals surface area contributed by atoms with E-state index in [-0.39, 0.29) is 5.58 Å². The minimum absolute atomic E-state index is 0.229. The van der Waals surface area contributed by atoms with Crippen LogP contribution in [0.25, 0.3) is 11.0 Å². The van der Waals surface area contributed by atoms with Crippen molar-refractivity contribution in [2.75, 3.05) is 7.05 Å². The van der Waals surface area contributed by atoms with Crippen LogP contribution in [0.4, 0.5) is 17.6 Å². The zero-order chi connectivity index (χ0) is 14.3. The number of nitrogens with one attached hydrogen (secondary N) is 1. The highest BCUT2D eigenvalue weighted by atomic mass is 19.4. The summed E-state index contributed by atoms with van der Waals surface area (Å²) >= 11 is 0. The predicted octanol–water partition coefficient (Wildman–Crippen LogP) is 3.77. The van der Waals surface area contributed by atoms with Crippen LogP contribution in [-0.4, -0.2) is 19.3 Å². The van der Waals surface area contributed by atoms with Crippen molar-refractivity contribution >= 4 is 11.0 Å². The van der Waals surface area contributed by atoms with Gasteiger partial charge in [0.1, 0.15) is 5.58 Å². The van der Waals surface area contributed by atoms with Crippen molar-refractivity contribution in [3.63, 3.8) is 0 Å². The average Bonchev–Trinajstić information content (AvgIpc) is 2.82. The fourth-order valence-electron chi connectivity index (χ4n) is 2.04. The van der Waals surface area contributed by atoms with Crippen molar-refractivity contribution in [3.05, 3.63) is 36.1 Å². The number of alkyl halides is 4. The molecule has 2 unspecified atom stereocenters. The molecule has 2 rings (SSSR count). The first-order chi connectivity index (χ1) is 8.80. The van der Waals surface area contributed by atoms with Gasteiger partial charge in [-0.25, -0.2) is 4.39 Å². The van der Waals surface area contributed by atoms with Gasteiger partial charge in [-0.05, 0) is 26.1 Å². The molecule has 19 heavy (non-hydrogen) atoms. The van der Waals surface area contributed by atoms with Crippen molar-refractivity contribution in [2.24, 2.45) is 0 Å². The fraction of sp³-hybridized carbons (Fsp3) is 0.385. The zero-order valence-electron chi connectivity index (χ0n) is 10.4. The zero-order valence-corrected chi connectivity index (χ0v) is 10.4. The quantitative estimate of drug-likeness (QED) is 0.863. The highest BCUT2D eigenvalue weighted by molar-refractivity contribution is 5.78. The van der Waals surface area contributed by atoms with Gasteiger partial charge in [0.15, 0.2) is 0 Å². The van der Waals surface area contributed by atoms with Gasteiger partial charge in [0.25, 0.3) is 0 Å². The number of fused-ring (bicyclic) bond motifs is 1. The molecular weight excluding hydrogens is 262 g/mol. The Hall–Kier alpha value is -1.56. The molecule has 0 aliphatic carbocycles. The van der Waals surface area contributed by atoms with E-state index in [9.17, 15) is 17.6 Å². The van der Waals surface area contributed by atoms with Gasteiger partial charge in [0, 0.05) is 10.9 Å². The van der Waals surface area contributed by atoms with Crippen LogP contribution in [0.5, 0.6) is 0 Å². The third kappa shape index (κ3) is 2.10. The first-order valence-corrected chi connectivity index (χ1v) is 5.71. The summed E-state index contributed by atoms with van der Waals surface area (Å²) < 4.78 is 59.0. The van der Waals surface area contributed by atoms with E-state index in [1.165, 1.54) is 19.4 Å². The smallest absolute Gasteiger partial charge is 0.428 e. The summed E-state index contributed by atoms with van der Waals surface area (Å²) in [5.74, 6) is 0. The molecule has 0 saturated heterocycles. The standard InChI is InChI=1S/C13H13F4NO/c1-8(18-2)12(14,13(15,16)17)10-4-3-9-5-6-19-11(9)7-10/h3-8,18H,1-2H3. The summed E-state index contributed by atoms with van der Waals surface area (Å²) in [7, 11) is 1.29. The van der Waals surface area contributed by atoms with Crippen molar-refractivity contribution in [1.29, 1.82) is 0 Å². The van der Waals surface area contributed by atoms with Gasteiger partial charge >= 0.3 is 6.18 Å². The largest absolute Gasteiger partial charge is 0.464 e. The van der Waals surface area contributed by atoms with Crippen LogP contribution in [0.15, 0.2) is 34.9 Å². The molecule has 0 bridgehead atoms. The maximum absolute atomic E-state index is 14.6. The average molecular weight is 275 g/mol. The SMILES string of the molecule is CNC(C)C(F)(c1ccc2ccoc2c1)C(F)(F)F. The van der Waals surface area contributed by atoms with E-state index in [4.69, 9.17) is 4.42 Å². The van der Waals surface area contributed by atoms with E-state index < -0.39 is 23.5 Å². The van der Waals surface area contributed by atoms with Crippen LogP contribution in [0.2, 0.25) is 0 Å². The molecule has 0 aliphatic heterocycles. The Morgan fingerprint density at radius 2 is 1.84 bits per heavy atom. The van der Waals surface area contributed by atoms with Crippen LogP contribution in [0, 0.1) is 0 Å². The first-order valence-electron chi connectivity index (χ1n) is 5.71. The van der Waals surface area contributed by atoms with Crippen molar-refractivity contribution < 1.29 is 22.0 Å². The minimum Gasteiger partial charge on any atom is -0.464 e. The van der Waals surface area contributed by atoms with E-state index in [0.29, 0.717) is 5.39 Å². The van der Waals surface area contributed by atoms with Gasteiger partial charge in [0.05, 0.1) is 12.3 Å². The third-order valence-electron chi connectivity index (χ3n) is 3.32. The number of halogens is 4. The number of benzene rings is 1. The highest BCUT2D eigenvalue weighted by Crippen LogP contribution is 2.45. The molecule has 0 radical (unpaired) electrons. The highest BCUT2D eigenvalue weighted by Gasteiger charge is 2.60. The maximum Gasteiger partial charge on any atom is 0.428 e. The summed E-state index contributed by atoms with van der Waals surface area (Å²) in [6.45, 7) is 1.15.